The number of aromatic carboxylic acids is 1. The summed E-state index contributed by atoms with van der Waals surface area (Å²) in [6.07, 6.45) is 0. The monoisotopic (exact) mass is 170 g/mol. The molecule has 0 radical (unpaired) electrons. The molecule has 1 N–H and O–H groups in total. The van der Waals surface area contributed by atoms with Gasteiger partial charge in [0.25, 0.3) is 0 Å². The zero-order valence-corrected chi connectivity index (χ0v) is 7.31. The molecule has 11 heavy (non-hydrogen) atoms. The summed E-state index contributed by atoms with van der Waals surface area (Å²) in [5.41, 5.74) is 0.449. The van der Waals surface area contributed by atoms with Gasteiger partial charge in [-0.2, -0.15) is 0 Å². The van der Waals surface area contributed by atoms with Crippen molar-refractivity contribution in [1.82, 2.24) is 0 Å². The second-order valence-electron chi connectivity index (χ2n) is 2.66. The van der Waals surface area contributed by atoms with E-state index in [1.165, 1.54) is 11.3 Å². The number of carboxylic acid groups (broad SMARTS) is 1. The van der Waals surface area contributed by atoms with E-state index in [0.29, 0.717) is 11.5 Å². The molecule has 0 fully saturated rings. The minimum absolute atomic E-state index is 0.307. The SMILES string of the molecule is CC(C)c1sccc1C(=O)O. The van der Waals surface area contributed by atoms with Crippen LogP contribution in [0.4, 0.5) is 0 Å². The number of rotatable bonds is 2. The summed E-state index contributed by atoms with van der Waals surface area (Å²) in [5.74, 6) is -0.518. The standard InChI is InChI=1S/C8H10O2S/c1-5(2)7-6(8(9)10)3-4-11-7/h3-5H,1-2H3,(H,9,10). The zero-order valence-electron chi connectivity index (χ0n) is 6.50. The first-order chi connectivity index (χ1) is 5.13. The van der Waals surface area contributed by atoms with Crippen molar-refractivity contribution in [2.45, 2.75) is 19.8 Å². The third-order valence-electron chi connectivity index (χ3n) is 1.45. The fourth-order valence-electron chi connectivity index (χ4n) is 0.945. The number of hydrogen-bond acceptors (Lipinski definition) is 2. The lowest BCUT2D eigenvalue weighted by Crippen LogP contribution is -1.98. The minimum Gasteiger partial charge on any atom is -0.478 e. The van der Waals surface area contributed by atoms with Crippen LogP contribution in [-0.4, -0.2) is 11.1 Å². The summed E-state index contributed by atoms with van der Waals surface area (Å²) in [7, 11) is 0. The van der Waals surface area contributed by atoms with Gasteiger partial charge in [0.15, 0.2) is 0 Å². The molecule has 0 bridgehead atoms. The molecular formula is C8H10O2S. The third-order valence-corrected chi connectivity index (χ3v) is 2.67. The van der Waals surface area contributed by atoms with Crippen LogP contribution in [-0.2, 0) is 0 Å². The Morgan fingerprint density at radius 2 is 2.27 bits per heavy atom. The summed E-state index contributed by atoms with van der Waals surface area (Å²) < 4.78 is 0. The fourth-order valence-corrected chi connectivity index (χ4v) is 1.85. The van der Waals surface area contributed by atoms with Crippen LogP contribution in [0.5, 0.6) is 0 Å². The summed E-state index contributed by atoms with van der Waals surface area (Å²) >= 11 is 1.51. The van der Waals surface area contributed by atoms with Crippen molar-refractivity contribution in [2.75, 3.05) is 0 Å². The van der Waals surface area contributed by atoms with Crippen LogP contribution in [0.25, 0.3) is 0 Å². The summed E-state index contributed by atoms with van der Waals surface area (Å²) in [5, 5.41) is 10.5. The molecule has 0 amide bonds. The molecule has 0 atom stereocenters. The molecule has 0 aliphatic carbocycles. The van der Waals surface area contributed by atoms with E-state index in [-0.39, 0.29) is 0 Å². The second kappa shape index (κ2) is 3.05. The van der Waals surface area contributed by atoms with Crippen molar-refractivity contribution < 1.29 is 9.90 Å². The molecule has 0 saturated carbocycles. The van der Waals surface area contributed by atoms with E-state index in [2.05, 4.69) is 0 Å². The van der Waals surface area contributed by atoms with Crippen LogP contribution in [0.3, 0.4) is 0 Å². The Hall–Kier alpha value is -0.830. The summed E-state index contributed by atoms with van der Waals surface area (Å²) in [4.78, 5) is 11.6. The minimum atomic E-state index is -0.824. The highest BCUT2D eigenvalue weighted by Crippen LogP contribution is 2.25. The first-order valence-corrected chi connectivity index (χ1v) is 4.31. The molecule has 0 spiro atoms. The lowest BCUT2D eigenvalue weighted by atomic mass is 10.1. The smallest absolute Gasteiger partial charge is 0.336 e. The lowest BCUT2D eigenvalue weighted by molar-refractivity contribution is 0.0696. The van der Waals surface area contributed by atoms with Gasteiger partial charge in [0.1, 0.15) is 0 Å². The molecule has 60 valence electrons. The van der Waals surface area contributed by atoms with E-state index in [0.717, 1.165) is 4.88 Å². The molecule has 1 aromatic heterocycles. The Bertz CT molecular complexity index is 263. The molecule has 1 aromatic rings. The fraction of sp³-hybridized carbons (Fsp3) is 0.375. The average molecular weight is 170 g/mol. The topological polar surface area (TPSA) is 37.3 Å². The molecule has 3 heteroatoms. The normalized spacial score (nSPS) is 10.5. The summed E-state index contributed by atoms with van der Waals surface area (Å²) in [6, 6.07) is 1.66. The molecule has 2 nitrogen and oxygen atoms in total. The Labute approximate surface area is 69.5 Å². The van der Waals surface area contributed by atoms with Gasteiger partial charge in [-0.15, -0.1) is 11.3 Å². The highest BCUT2D eigenvalue weighted by molar-refractivity contribution is 7.10. The van der Waals surface area contributed by atoms with Crippen LogP contribution in [0.2, 0.25) is 0 Å². The number of hydrogen-bond donors (Lipinski definition) is 1. The van der Waals surface area contributed by atoms with Crippen molar-refractivity contribution in [2.24, 2.45) is 0 Å². The van der Waals surface area contributed by atoms with Gasteiger partial charge in [0, 0.05) is 4.88 Å². The van der Waals surface area contributed by atoms with E-state index in [1.54, 1.807) is 6.07 Å². The van der Waals surface area contributed by atoms with Crippen LogP contribution in [0.1, 0.15) is 35.0 Å². The van der Waals surface area contributed by atoms with Gasteiger partial charge in [-0.3, -0.25) is 0 Å². The Balaban J connectivity index is 3.06. The Morgan fingerprint density at radius 3 is 2.64 bits per heavy atom. The molecule has 1 rings (SSSR count). The van der Waals surface area contributed by atoms with Crippen molar-refractivity contribution >= 4 is 17.3 Å². The van der Waals surface area contributed by atoms with Crippen molar-refractivity contribution in [1.29, 1.82) is 0 Å². The molecular weight excluding hydrogens is 160 g/mol. The molecule has 0 saturated heterocycles. The molecule has 1 heterocycles. The van der Waals surface area contributed by atoms with E-state index < -0.39 is 5.97 Å². The van der Waals surface area contributed by atoms with Crippen LogP contribution in [0, 0.1) is 0 Å². The van der Waals surface area contributed by atoms with Crippen molar-refractivity contribution in [3.05, 3.63) is 21.9 Å². The third kappa shape index (κ3) is 1.60. The first kappa shape index (κ1) is 8.27. The maximum absolute atomic E-state index is 10.6. The second-order valence-corrected chi connectivity index (χ2v) is 3.61. The van der Waals surface area contributed by atoms with Gasteiger partial charge in [0.2, 0.25) is 0 Å². The van der Waals surface area contributed by atoms with Gasteiger partial charge < -0.3 is 5.11 Å². The first-order valence-electron chi connectivity index (χ1n) is 3.43. The molecule has 0 unspecified atom stereocenters. The highest BCUT2D eigenvalue weighted by atomic mass is 32.1. The Kier molecular flexibility index (Phi) is 2.29. The largest absolute Gasteiger partial charge is 0.478 e. The van der Waals surface area contributed by atoms with E-state index in [9.17, 15) is 4.79 Å². The van der Waals surface area contributed by atoms with E-state index in [1.807, 2.05) is 19.2 Å². The van der Waals surface area contributed by atoms with Crippen LogP contribution < -0.4 is 0 Å². The quantitative estimate of drug-likeness (QED) is 0.740. The summed E-state index contributed by atoms with van der Waals surface area (Å²) in [6.45, 7) is 4.00. The van der Waals surface area contributed by atoms with Gasteiger partial charge >= 0.3 is 5.97 Å². The van der Waals surface area contributed by atoms with Crippen LogP contribution in [0.15, 0.2) is 11.4 Å². The van der Waals surface area contributed by atoms with Gasteiger partial charge in [-0.1, -0.05) is 13.8 Å². The lowest BCUT2D eigenvalue weighted by Gasteiger charge is -2.01. The van der Waals surface area contributed by atoms with Gasteiger partial charge in [-0.25, -0.2) is 4.79 Å². The molecule has 0 aromatic carbocycles. The molecule has 0 aliphatic heterocycles. The number of carboxylic acids is 1. The average Bonchev–Trinajstić information content (AvgIpc) is 2.32. The predicted molar refractivity (Wildman–Crippen MR) is 45.4 cm³/mol. The predicted octanol–water partition coefficient (Wildman–Crippen LogP) is 2.57. The zero-order chi connectivity index (χ0) is 8.43. The Morgan fingerprint density at radius 1 is 1.64 bits per heavy atom. The van der Waals surface area contributed by atoms with E-state index >= 15 is 0 Å². The molecule has 0 aliphatic rings. The highest BCUT2D eigenvalue weighted by Gasteiger charge is 2.13. The number of thiophene rings is 1. The van der Waals surface area contributed by atoms with Crippen molar-refractivity contribution in [3.8, 4) is 0 Å². The van der Waals surface area contributed by atoms with Crippen molar-refractivity contribution in [3.63, 3.8) is 0 Å². The van der Waals surface area contributed by atoms with Crippen LogP contribution >= 0.6 is 11.3 Å². The number of carbonyl (C=O) groups is 1. The van der Waals surface area contributed by atoms with Gasteiger partial charge in [-0.05, 0) is 17.4 Å². The maximum atomic E-state index is 10.6. The maximum Gasteiger partial charge on any atom is 0.336 e. The van der Waals surface area contributed by atoms with Gasteiger partial charge in [0.05, 0.1) is 5.56 Å². The van der Waals surface area contributed by atoms with E-state index in [4.69, 9.17) is 5.11 Å².